The zero-order valence-corrected chi connectivity index (χ0v) is 12.4. The fourth-order valence-electron chi connectivity index (χ4n) is 2.35. The van der Waals surface area contributed by atoms with E-state index >= 15 is 0 Å². The number of rotatable bonds is 4. The molecule has 0 saturated heterocycles. The van der Waals surface area contributed by atoms with Crippen LogP contribution in [0.15, 0.2) is 21.9 Å². The van der Waals surface area contributed by atoms with Crippen LogP contribution in [0.25, 0.3) is 0 Å². The second kappa shape index (κ2) is 5.68. The number of aromatic amines is 1. The lowest BCUT2D eigenvalue weighted by Gasteiger charge is -2.17. The van der Waals surface area contributed by atoms with Gasteiger partial charge in [0, 0.05) is 18.3 Å². The second-order valence-electron chi connectivity index (χ2n) is 5.62. The molecule has 0 aromatic carbocycles. The van der Waals surface area contributed by atoms with Gasteiger partial charge in [0.05, 0.1) is 18.6 Å². The Morgan fingerprint density at radius 2 is 2.15 bits per heavy atom. The number of ether oxygens (including phenoxy) is 1. The van der Waals surface area contributed by atoms with E-state index in [-0.39, 0.29) is 12.4 Å². The molecule has 1 saturated carbocycles. The Balaban J connectivity index is 2.08. The van der Waals surface area contributed by atoms with Crippen LogP contribution in [-0.2, 0) is 9.30 Å². The lowest BCUT2D eigenvalue weighted by atomic mass is 10.2. The van der Waals surface area contributed by atoms with Gasteiger partial charge in [-0.05, 0) is 26.2 Å². The SMILES string of the molecule is CP(C)(=O)CO[C@H]1C[C@@H](n2ccc(=O)[nH]c2=O)CC1O. The van der Waals surface area contributed by atoms with Crippen LogP contribution in [0.3, 0.4) is 0 Å². The van der Waals surface area contributed by atoms with E-state index in [1.54, 1.807) is 13.3 Å². The molecule has 1 unspecified atom stereocenters. The first kappa shape index (κ1) is 15.2. The Morgan fingerprint density at radius 1 is 1.45 bits per heavy atom. The van der Waals surface area contributed by atoms with Gasteiger partial charge in [0.25, 0.3) is 5.56 Å². The monoisotopic (exact) mass is 302 g/mol. The Bertz CT molecular complexity index is 631. The van der Waals surface area contributed by atoms with E-state index in [4.69, 9.17) is 4.74 Å². The summed E-state index contributed by atoms with van der Waals surface area (Å²) in [6.07, 6.45) is 1.21. The van der Waals surface area contributed by atoms with E-state index in [1.165, 1.54) is 16.8 Å². The van der Waals surface area contributed by atoms with Crippen molar-refractivity contribution in [1.82, 2.24) is 9.55 Å². The summed E-state index contributed by atoms with van der Waals surface area (Å²) in [7, 11) is -2.30. The summed E-state index contributed by atoms with van der Waals surface area (Å²) in [5.74, 6) is 0. The maximum atomic E-state index is 11.7. The third kappa shape index (κ3) is 3.69. The molecule has 8 heteroatoms. The number of nitrogens with one attached hydrogen (secondary N) is 1. The van der Waals surface area contributed by atoms with Crippen molar-refractivity contribution in [3.05, 3.63) is 33.1 Å². The number of hydrogen-bond acceptors (Lipinski definition) is 5. The molecule has 2 rings (SSSR count). The highest BCUT2D eigenvalue weighted by atomic mass is 31.2. The predicted molar refractivity (Wildman–Crippen MR) is 74.8 cm³/mol. The quantitative estimate of drug-likeness (QED) is 0.774. The molecule has 20 heavy (non-hydrogen) atoms. The number of aromatic nitrogens is 2. The zero-order chi connectivity index (χ0) is 14.9. The van der Waals surface area contributed by atoms with Gasteiger partial charge in [0.2, 0.25) is 0 Å². The fourth-order valence-corrected chi connectivity index (χ4v) is 2.90. The van der Waals surface area contributed by atoms with Crippen LogP contribution in [0.4, 0.5) is 0 Å². The maximum Gasteiger partial charge on any atom is 0.328 e. The van der Waals surface area contributed by atoms with Crippen molar-refractivity contribution < 1.29 is 14.4 Å². The largest absolute Gasteiger partial charge is 0.390 e. The maximum absolute atomic E-state index is 11.7. The molecule has 0 radical (unpaired) electrons. The lowest BCUT2D eigenvalue weighted by Crippen LogP contribution is -2.31. The van der Waals surface area contributed by atoms with Crippen LogP contribution < -0.4 is 11.2 Å². The van der Waals surface area contributed by atoms with Crippen molar-refractivity contribution >= 4 is 7.14 Å². The normalized spacial score (nSPS) is 26.9. The van der Waals surface area contributed by atoms with Crippen LogP contribution in [0.1, 0.15) is 18.9 Å². The van der Waals surface area contributed by atoms with Crippen molar-refractivity contribution in [2.24, 2.45) is 0 Å². The van der Waals surface area contributed by atoms with Crippen molar-refractivity contribution in [3.63, 3.8) is 0 Å². The molecule has 0 amide bonds. The van der Waals surface area contributed by atoms with Crippen molar-refractivity contribution in [1.29, 1.82) is 0 Å². The number of aliphatic hydroxyl groups excluding tert-OH is 1. The molecule has 0 spiro atoms. The number of hydrogen-bond donors (Lipinski definition) is 2. The van der Waals surface area contributed by atoms with Gasteiger partial charge < -0.3 is 14.4 Å². The van der Waals surface area contributed by atoms with Gasteiger partial charge >= 0.3 is 5.69 Å². The standard InChI is InChI=1S/C12H19N2O5P/c1-20(2,18)7-19-10-6-8(5-9(10)15)14-4-3-11(16)13-12(14)17/h3-4,8-10,15H,5-7H2,1-2H3,(H,13,16,17)/t8-,9?,10-/m0/s1. The minimum absolute atomic E-state index is 0.113. The first-order chi connectivity index (χ1) is 9.26. The number of nitrogens with zero attached hydrogens (tertiary/aromatic N) is 1. The highest BCUT2D eigenvalue weighted by Crippen LogP contribution is 2.39. The Labute approximate surface area is 116 Å². The van der Waals surface area contributed by atoms with E-state index in [0.29, 0.717) is 12.8 Å². The van der Waals surface area contributed by atoms with Gasteiger partial charge in [-0.15, -0.1) is 0 Å². The van der Waals surface area contributed by atoms with Crippen molar-refractivity contribution in [2.45, 2.75) is 31.1 Å². The van der Waals surface area contributed by atoms with E-state index in [0.717, 1.165) is 0 Å². The average Bonchev–Trinajstić information content (AvgIpc) is 2.67. The van der Waals surface area contributed by atoms with Crippen LogP contribution >= 0.6 is 7.14 Å². The number of H-pyrrole nitrogens is 1. The molecular formula is C12H19N2O5P. The summed E-state index contributed by atoms with van der Waals surface area (Å²) >= 11 is 0. The van der Waals surface area contributed by atoms with Gasteiger partial charge in [0.1, 0.15) is 7.14 Å². The molecule has 2 N–H and O–H groups in total. The molecule has 3 atom stereocenters. The van der Waals surface area contributed by atoms with Crippen LogP contribution in [0.2, 0.25) is 0 Å². The minimum Gasteiger partial charge on any atom is -0.390 e. The molecule has 1 aliphatic rings. The Morgan fingerprint density at radius 3 is 2.75 bits per heavy atom. The van der Waals surface area contributed by atoms with Gasteiger partial charge in [-0.3, -0.25) is 14.3 Å². The summed E-state index contributed by atoms with van der Waals surface area (Å²) in [5, 5.41) is 9.96. The predicted octanol–water partition coefficient (Wildman–Crippen LogP) is 0.198. The van der Waals surface area contributed by atoms with Gasteiger partial charge in [-0.25, -0.2) is 4.79 Å². The fraction of sp³-hybridized carbons (Fsp3) is 0.667. The van der Waals surface area contributed by atoms with Crippen LogP contribution in [0.5, 0.6) is 0 Å². The third-order valence-electron chi connectivity index (χ3n) is 3.29. The third-order valence-corrected chi connectivity index (χ3v) is 4.06. The van der Waals surface area contributed by atoms with Crippen molar-refractivity contribution in [3.8, 4) is 0 Å². The highest BCUT2D eigenvalue weighted by molar-refractivity contribution is 7.62. The first-order valence-corrected chi connectivity index (χ1v) is 9.20. The zero-order valence-electron chi connectivity index (χ0n) is 11.5. The minimum atomic E-state index is -2.30. The van der Waals surface area contributed by atoms with E-state index in [1.807, 2.05) is 0 Å². The molecular weight excluding hydrogens is 283 g/mol. The Kier molecular flexibility index (Phi) is 4.32. The highest BCUT2D eigenvalue weighted by Gasteiger charge is 2.35. The molecule has 1 aliphatic carbocycles. The second-order valence-corrected chi connectivity index (χ2v) is 9.02. The number of aliphatic hydroxyl groups is 1. The molecule has 1 fully saturated rings. The molecule has 1 aromatic rings. The summed E-state index contributed by atoms with van der Waals surface area (Å²) in [5.41, 5.74) is -0.942. The van der Waals surface area contributed by atoms with E-state index < -0.39 is 30.6 Å². The van der Waals surface area contributed by atoms with Crippen LogP contribution in [-0.4, -0.2) is 46.5 Å². The van der Waals surface area contributed by atoms with Gasteiger partial charge in [0.15, 0.2) is 0 Å². The average molecular weight is 302 g/mol. The molecule has 0 bridgehead atoms. The van der Waals surface area contributed by atoms with E-state index in [9.17, 15) is 19.3 Å². The molecule has 1 aromatic heterocycles. The van der Waals surface area contributed by atoms with E-state index in [2.05, 4.69) is 4.98 Å². The molecule has 0 aliphatic heterocycles. The molecule has 112 valence electrons. The van der Waals surface area contributed by atoms with Gasteiger partial charge in [-0.2, -0.15) is 0 Å². The summed E-state index contributed by atoms with van der Waals surface area (Å²) in [6, 6.07) is 1.04. The summed E-state index contributed by atoms with van der Waals surface area (Å²) < 4.78 is 18.5. The lowest BCUT2D eigenvalue weighted by molar-refractivity contribution is 0.000402. The molecule has 7 nitrogen and oxygen atoms in total. The summed E-state index contributed by atoms with van der Waals surface area (Å²) in [4.78, 5) is 24.9. The molecule has 1 heterocycles. The summed E-state index contributed by atoms with van der Waals surface area (Å²) in [6.45, 7) is 3.25. The van der Waals surface area contributed by atoms with Gasteiger partial charge in [-0.1, -0.05) is 0 Å². The Hall–Kier alpha value is -1.17. The van der Waals surface area contributed by atoms with Crippen molar-refractivity contribution in [2.75, 3.05) is 19.7 Å². The first-order valence-electron chi connectivity index (χ1n) is 6.41. The van der Waals surface area contributed by atoms with Crippen LogP contribution in [0, 0.1) is 0 Å². The topological polar surface area (TPSA) is 101 Å². The smallest absolute Gasteiger partial charge is 0.328 e.